The summed E-state index contributed by atoms with van der Waals surface area (Å²) in [4.78, 5) is 12.4. The number of ketones is 1. The van der Waals surface area contributed by atoms with Gasteiger partial charge in [-0.05, 0) is 24.6 Å². The van der Waals surface area contributed by atoms with E-state index in [4.69, 9.17) is 9.47 Å². The van der Waals surface area contributed by atoms with Crippen molar-refractivity contribution >= 4 is 5.78 Å². The number of hydrogen-bond acceptors (Lipinski definition) is 5. The van der Waals surface area contributed by atoms with Gasteiger partial charge in [0.1, 0.15) is 11.4 Å². The molecule has 0 aliphatic rings. The van der Waals surface area contributed by atoms with E-state index in [2.05, 4.69) is 10.2 Å². The van der Waals surface area contributed by atoms with Gasteiger partial charge in [0.15, 0.2) is 0 Å². The van der Waals surface area contributed by atoms with E-state index >= 15 is 0 Å². The molecular formula is C15H16N2O3. The number of carbonyl (C=O) groups excluding carboxylic acids is 1. The first-order chi connectivity index (χ1) is 9.76. The average Bonchev–Trinajstić information content (AvgIpc) is 2.52. The van der Waals surface area contributed by atoms with Crippen LogP contribution in [0.4, 0.5) is 0 Å². The number of methoxy groups -OCH3 is 1. The maximum atomic E-state index is 12.4. The molecule has 104 valence electrons. The summed E-state index contributed by atoms with van der Waals surface area (Å²) in [6.45, 7) is 2.58. The Bertz CT molecular complexity index is 582. The third-order valence-corrected chi connectivity index (χ3v) is 2.68. The van der Waals surface area contributed by atoms with Crippen molar-refractivity contribution in [3.8, 4) is 11.6 Å². The van der Waals surface area contributed by atoms with Crippen LogP contribution in [0.2, 0.25) is 0 Å². The second-order valence-electron chi connectivity index (χ2n) is 4.13. The molecule has 0 amide bonds. The minimum Gasteiger partial charge on any atom is -0.493 e. The zero-order valence-electron chi connectivity index (χ0n) is 11.5. The summed E-state index contributed by atoms with van der Waals surface area (Å²) in [5.74, 6) is 0.723. The van der Waals surface area contributed by atoms with Gasteiger partial charge >= 0.3 is 0 Å². The number of hydrogen-bond donors (Lipinski definition) is 0. The summed E-state index contributed by atoms with van der Waals surface area (Å²) in [6.07, 6.45) is 0.880. The van der Waals surface area contributed by atoms with Crippen molar-refractivity contribution in [2.45, 2.75) is 13.3 Å². The number of benzene rings is 1. The molecule has 1 aromatic heterocycles. The molecule has 2 rings (SSSR count). The Kier molecular flexibility index (Phi) is 4.65. The molecular weight excluding hydrogens is 256 g/mol. The monoisotopic (exact) mass is 272 g/mol. The number of ether oxygens (including phenoxy) is 2. The quantitative estimate of drug-likeness (QED) is 0.756. The van der Waals surface area contributed by atoms with Gasteiger partial charge in [-0.15, -0.1) is 10.2 Å². The zero-order chi connectivity index (χ0) is 14.4. The van der Waals surface area contributed by atoms with Gasteiger partial charge in [0, 0.05) is 6.07 Å². The van der Waals surface area contributed by atoms with Crippen LogP contribution < -0.4 is 9.47 Å². The van der Waals surface area contributed by atoms with Crippen LogP contribution in [0.15, 0.2) is 36.4 Å². The second kappa shape index (κ2) is 6.65. The van der Waals surface area contributed by atoms with Crippen molar-refractivity contribution in [1.82, 2.24) is 10.2 Å². The Morgan fingerprint density at radius 3 is 2.60 bits per heavy atom. The molecule has 2 aromatic rings. The van der Waals surface area contributed by atoms with E-state index < -0.39 is 0 Å². The van der Waals surface area contributed by atoms with Crippen LogP contribution in [0.3, 0.4) is 0 Å². The van der Waals surface area contributed by atoms with Crippen LogP contribution in [0.1, 0.15) is 29.4 Å². The van der Waals surface area contributed by atoms with Crippen LogP contribution in [0, 0.1) is 0 Å². The highest BCUT2D eigenvalue weighted by molar-refractivity contribution is 6.09. The van der Waals surface area contributed by atoms with Gasteiger partial charge in [-0.25, -0.2) is 0 Å². The summed E-state index contributed by atoms with van der Waals surface area (Å²) in [7, 11) is 1.50. The van der Waals surface area contributed by atoms with Crippen molar-refractivity contribution in [2.24, 2.45) is 0 Å². The Labute approximate surface area is 117 Å². The van der Waals surface area contributed by atoms with E-state index in [1.165, 1.54) is 7.11 Å². The fourth-order valence-electron chi connectivity index (χ4n) is 1.68. The molecule has 1 aromatic carbocycles. The summed E-state index contributed by atoms with van der Waals surface area (Å²) >= 11 is 0. The van der Waals surface area contributed by atoms with Crippen LogP contribution in [-0.2, 0) is 0 Å². The summed E-state index contributed by atoms with van der Waals surface area (Å²) in [5, 5.41) is 7.67. The third kappa shape index (κ3) is 3.12. The first-order valence-corrected chi connectivity index (χ1v) is 6.40. The molecule has 0 saturated heterocycles. The largest absolute Gasteiger partial charge is 0.493 e. The number of aromatic nitrogens is 2. The van der Waals surface area contributed by atoms with E-state index in [0.29, 0.717) is 23.8 Å². The maximum absolute atomic E-state index is 12.4. The van der Waals surface area contributed by atoms with Crippen LogP contribution in [-0.4, -0.2) is 29.7 Å². The topological polar surface area (TPSA) is 61.3 Å². The molecule has 0 bridgehead atoms. The molecule has 20 heavy (non-hydrogen) atoms. The van der Waals surface area contributed by atoms with Gasteiger partial charge in [0.05, 0.1) is 19.3 Å². The van der Waals surface area contributed by atoms with Crippen molar-refractivity contribution < 1.29 is 14.3 Å². The molecule has 0 saturated carbocycles. The lowest BCUT2D eigenvalue weighted by atomic mass is 10.1. The second-order valence-corrected chi connectivity index (χ2v) is 4.13. The van der Waals surface area contributed by atoms with Crippen molar-refractivity contribution in [3.63, 3.8) is 0 Å². The molecule has 0 aliphatic heterocycles. The molecule has 5 heteroatoms. The number of nitrogens with zero attached hydrogens (tertiary/aromatic N) is 2. The van der Waals surface area contributed by atoms with Gasteiger partial charge in [-0.1, -0.05) is 19.1 Å². The summed E-state index contributed by atoms with van der Waals surface area (Å²) < 4.78 is 10.5. The molecule has 0 fully saturated rings. The highest BCUT2D eigenvalue weighted by Crippen LogP contribution is 2.21. The molecule has 0 atom stereocenters. The Morgan fingerprint density at radius 1 is 1.15 bits per heavy atom. The minimum atomic E-state index is -0.216. The SMILES string of the molecule is CCCOc1ccccc1C(=O)c1ccc(OC)nn1. The summed E-state index contributed by atoms with van der Waals surface area (Å²) in [5.41, 5.74) is 0.749. The molecule has 0 radical (unpaired) electrons. The van der Waals surface area contributed by atoms with E-state index in [-0.39, 0.29) is 11.5 Å². The van der Waals surface area contributed by atoms with Crippen LogP contribution in [0.25, 0.3) is 0 Å². The maximum Gasteiger partial charge on any atom is 0.233 e. The van der Waals surface area contributed by atoms with Gasteiger partial charge in [-0.2, -0.15) is 0 Å². The van der Waals surface area contributed by atoms with E-state index in [0.717, 1.165) is 6.42 Å². The van der Waals surface area contributed by atoms with Crippen molar-refractivity contribution in [3.05, 3.63) is 47.7 Å². The molecule has 0 aliphatic carbocycles. The predicted molar refractivity (Wildman–Crippen MR) is 74.2 cm³/mol. The summed E-state index contributed by atoms with van der Waals surface area (Å²) in [6, 6.07) is 10.3. The van der Waals surface area contributed by atoms with E-state index in [1.807, 2.05) is 13.0 Å². The van der Waals surface area contributed by atoms with E-state index in [1.54, 1.807) is 30.3 Å². The van der Waals surface area contributed by atoms with Gasteiger partial charge in [0.25, 0.3) is 0 Å². The smallest absolute Gasteiger partial charge is 0.233 e. The highest BCUT2D eigenvalue weighted by atomic mass is 16.5. The zero-order valence-corrected chi connectivity index (χ0v) is 11.5. The fourth-order valence-corrected chi connectivity index (χ4v) is 1.68. The normalized spacial score (nSPS) is 10.1. The van der Waals surface area contributed by atoms with Gasteiger partial charge in [-0.3, -0.25) is 4.79 Å². The van der Waals surface area contributed by atoms with Crippen molar-refractivity contribution in [1.29, 1.82) is 0 Å². The first-order valence-electron chi connectivity index (χ1n) is 6.40. The number of para-hydroxylation sites is 1. The molecule has 5 nitrogen and oxygen atoms in total. The Hall–Kier alpha value is -2.43. The lowest BCUT2D eigenvalue weighted by Crippen LogP contribution is -2.08. The lowest BCUT2D eigenvalue weighted by molar-refractivity contribution is 0.102. The number of carbonyl (C=O) groups is 1. The predicted octanol–water partition coefficient (Wildman–Crippen LogP) is 2.51. The number of rotatable bonds is 6. The van der Waals surface area contributed by atoms with Crippen molar-refractivity contribution in [2.75, 3.05) is 13.7 Å². The Balaban J connectivity index is 2.27. The first kappa shape index (κ1) is 14.0. The van der Waals surface area contributed by atoms with Crippen LogP contribution >= 0.6 is 0 Å². The van der Waals surface area contributed by atoms with Gasteiger partial charge < -0.3 is 9.47 Å². The Morgan fingerprint density at radius 2 is 1.95 bits per heavy atom. The van der Waals surface area contributed by atoms with Gasteiger partial charge in [0.2, 0.25) is 11.7 Å². The molecule has 0 spiro atoms. The highest BCUT2D eigenvalue weighted by Gasteiger charge is 2.16. The standard InChI is InChI=1S/C15H16N2O3/c1-3-10-20-13-7-5-4-6-11(13)15(18)12-8-9-14(19-2)17-16-12/h4-9H,3,10H2,1-2H3. The lowest BCUT2D eigenvalue weighted by Gasteiger charge is -2.09. The molecule has 0 unspecified atom stereocenters. The van der Waals surface area contributed by atoms with E-state index in [9.17, 15) is 4.79 Å². The minimum absolute atomic E-state index is 0.216. The molecule has 0 N–H and O–H groups in total. The molecule has 1 heterocycles. The average molecular weight is 272 g/mol. The fraction of sp³-hybridized carbons (Fsp3) is 0.267. The third-order valence-electron chi connectivity index (χ3n) is 2.68. The van der Waals surface area contributed by atoms with Crippen LogP contribution in [0.5, 0.6) is 11.6 Å².